The lowest BCUT2D eigenvalue weighted by atomic mass is 10.1. The van der Waals surface area contributed by atoms with Crippen molar-refractivity contribution >= 4 is 29.9 Å². The fraction of sp³-hybridized carbons (Fsp3) is 0.300. The van der Waals surface area contributed by atoms with Gasteiger partial charge in [-0.2, -0.15) is 12.6 Å². The molecule has 14 heavy (non-hydrogen) atoms. The van der Waals surface area contributed by atoms with Crippen molar-refractivity contribution < 1.29 is 4.79 Å². The van der Waals surface area contributed by atoms with Crippen LogP contribution in [0.4, 0.5) is 11.4 Å². The van der Waals surface area contributed by atoms with Crippen molar-refractivity contribution in [3.05, 3.63) is 23.8 Å². The predicted octanol–water partition coefficient (Wildman–Crippen LogP) is 1.50. The molecule has 1 aliphatic heterocycles. The Morgan fingerprint density at radius 1 is 1.57 bits per heavy atom. The Kier molecular flexibility index (Phi) is 2.37. The lowest BCUT2D eigenvalue weighted by Crippen LogP contribution is -2.14. The Morgan fingerprint density at radius 2 is 2.36 bits per heavy atom. The molecule has 1 N–H and O–H groups in total. The third kappa shape index (κ3) is 1.57. The van der Waals surface area contributed by atoms with Crippen molar-refractivity contribution in [3.63, 3.8) is 0 Å². The molecule has 1 amide bonds. The van der Waals surface area contributed by atoms with E-state index in [1.54, 1.807) is 0 Å². The molecule has 0 atom stereocenters. The van der Waals surface area contributed by atoms with E-state index < -0.39 is 0 Å². The van der Waals surface area contributed by atoms with Crippen LogP contribution in [0, 0.1) is 0 Å². The maximum atomic E-state index is 11.1. The molecule has 74 valence electrons. The first-order valence-corrected chi connectivity index (χ1v) is 5.08. The van der Waals surface area contributed by atoms with E-state index in [0.717, 1.165) is 16.9 Å². The second-order valence-corrected chi connectivity index (χ2v) is 3.69. The summed E-state index contributed by atoms with van der Waals surface area (Å²) >= 11 is 4.19. The second-order valence-electron chi connectivity index (χ2n) is 3.41. The molecule has 0 aromatic heterocycles. The number of anilines is 2. The van der Waals surface area contributed by atoms with Crippen LogP contribution < -0.4 is 10.2 Å². The summed E-state index contributed by atoms with van der Waals surface area (Å²) in [6.07, 6.45) is 0.490. The number of hydrogen-bond donors (Lipinski definition) is 2. The van der Waals surface area contributed by atoms with Gasteiger partial charge in [0.2, 0.25) is 5.91 Å². The number of rotatable bonds is 2. The molecule has 0 bridgehead atoms. The minimum Gasteiger partial charge on any atom is -0.366 e. The van der Waals surface area contributed by atoms with Gasteiger partial charge < -0.3 is 10.2 Å². The van der Waals surface area contributed by atoms with E-state index in [1.165, 1.54) is 0 Å². The number of carbonyl (C=O) groups excluding carboxylic acids is 1. The molecule has 0 fully saturated rings. The summed E-state index contributed by atoms with van der Waals surface area (Å²) in [6, 6.07) is 5.96. The van der Waals surface area contributed by atoms with E-state index in [2.05, 4.69) is 17.9 Å². The standard InChI is InChI=1S/C10H12N2OS/c1-12(6-14)8-2-3-9-7(4-8)5-10(13)11-9/h2-4,14H,5-6H2,1H3,(H,11,13). The summed E-state index contributed by atoms with van der Waals surface area (Å²) in [4.78, 5) is 13.1. The van der Waals surface area contributed by atoms with Gasteiger partial charge in [0.15, 0.2) is 0 Å². The zero-order chi connectivity index (χ0) is 10.1. The van der Waals surface area contributed by atoms with Crippen LogP contribution in [0.5, 0.6) is 0 Å². The average Bonchev–Trinajstić information content (AvgIpc) is 2.55. The Bertz CT molecular complexity index is 378. The minimum atomic E-state index is 0.0747. The molecule has 0 unspecified atom stereocenters. The molecule has 1 heterocycles. The minimum absolute atomic E-state index is 0.0747. The topological polar surface area (TPSA) is 32.3 Å². The molecule has 1 aliphatic rings. The number of nitrogens with one attached hydrogen (secondary N) is 1. The van der Waals surface area contributed by atoms with Crippen LogP contribution in [0.15, 0.2) is 18.2 Å². The third-order valence-electron chi connectivity index (χ3n) is 2.37. The molecule has 0 radical (unpaired) electrons. The largest absolute Gasteiger partial charge is 0.366 e. The van der Waals surface area contributed by atoms with E-state index in [0.29, 0.717) is 12.3 Å². The first-order valence-electron chi connectivity index (χ1n) is 4.45. The summed E-state index contributed by atoms with van der Waals surface area (Å²) in [6.45, 7) is 0. The second kappa shape index (κ2) is 3.53. The van der Waals surface area contributed by atoms with Crippen LogP contribution in [-0.2, 0) is 11.2 Å². The van der Waals surface area contributed by atoms with Gasteiger partial charge in [0.1, 0.15) is 0 Å². The third-order valence-corrected chi connectivity index (χ3v) is 2.79. The summed E-state index contributed by atoms with van der Waals surface area (Å²) < 4.78 is 0. The molecule has 1 aromatic rings. The normalized spacial score (nSPS) is 13.7. The van der Waals surface area contributed by atoms with Gasteiger partial charge in [-0.05, 0) is 23.8 Å². The van der Waals surface area contributed by atoms with E-state index in [-0.39, 0.29) is 5.91 Å². The van der Waals surface area contributed by atoms with Crippen LogP contribution in [-0.4, -0.2) is 18.8 Å². The SMILES string of the molecule is CN(CS)c1ccc2c(c1)CC(=O)N2. The molecule has 0 saturated carbocycles. The maximum Gasteiger partial charge on any atom is 0.228 e. The van der Waals surface area contributed by atoms with Crippen molar-refractivity contribution in [3.8, 4) is 0 Å². The van der Waals surface area contributed by atoms with Gasteiger partial charge in [-0.25, -0.2) is 0 Å². The number of thiol groups is 1. The lowest BCUT2D eigenvalue weighted by Gasteiger charge is -2.16. The van der Waals surface area contributed by atoms with E-state index >= 15 is 0 Å². The quantitative estimate of drug-likeness (QED) is 0.570. The van der Waals surface area contributed by atoms with Crippen LogP contribution in [0.3, 0.4) is 0 Å². The number of benzene rings is 1. The Morgan fingerprint density at radius 3 is 3.07 bits per heavy atom. The smallest absolute Gasteiger partial charge is 0.228 e. The monoisotopic (exact) mass is 208 g/mol. The molecule has 4 heteroatoms. The predicted molar refractivity (Wildman–Crippen MR) is 61.0 cm³/mol. The number of fused-ring (bicyclic) bond motifs is 1. The van der Waals surface area contributed by atoms with Gasteiger partial charge in [-0.15, -0.1) is 0 Å². The summed E-state index contributed by atoms with van der Waals surface area (Å²) in [5, 5.41) is 2.80. The molecular weight excluding hydrogens is 196 g/mol. The number of nitrogens with zero attached hydrogens (tertiary/aromatic N) is 1. The fourth-order valence-electron chi connectivity index (χ4n) is 1.53. The summed E-state index contributed by atoms with van der Waals surface area (Å²) in [7, 11) is 1.97. The van der Waals surface area contributed by atoms with Crippen LogP contribution in [0.25, 0.3) is 0 Å². The lowest BCUT2D eigenvalue weighted by molar-refractivity contribution is -0.115. The number of hydrogen-bond acceptors (Lipinski definition) is 3. The van der Waals surface area contributed by atoms with Crippen molar-refractivity contribution in [2.45, 2.75) is 6.42 Å². The molecule has 0 aliphatic carbocycles. The van der Waals surface area contributed by atoms with E-state index in [9.17, 15) is 4.79 Å². The first kappa shape index (κ1) is 9.40. The Hall–Kier alpha value is -1.16. The summed E-state index contributed by atoms with van der Waals surface area (Å²) in [5.41, 5.74) is 3.10. The fourth-order valence-corrected chi connectivity index (χ4v) is 1.70. The van der Waals surface area contributed by atoms with E-state index in [4.69, 9.17) is 0 Å². The zero-order valence-corrected chi connectivity index (χ0v) is 8.84. The Labute approximate surface area is 88.5 Å². The Balaban J connectivity index is 2.32. The highest BCUT2D eigenvalue weighted by Gasteiger charge is 2.17. The van der Waals surface area contributed by atoms with E-state index in [1.807, 2.05) is 30.1 Å². The number of carbonyl (C=O) groups is 1. The van der Waals surface area contributed by atoms with Gasteiger partial charge in [0.25, 0.3) is 0 Å². The summed E-state index contributed by atoms with van der Waals surface area (Å²) in [5.74, 6) is 0.742. The highest BCUT2D eigenvalue weighted by Crippen LogP contribution is 2.27. The van der Waals surface area contributed by atoms with Gasteiger partial charge in [0.05, 0.1) is 12.3 Å². The van der Waals surface area contributed by atoms with Crippen molar-refractivity contribution in [1.82, 2.24) is 0 Å². The molecule has 0 spiro atoms. The first-order chi connectivity index (χ1) is 6.70. The highest BCUT2D eigenvalue weighted by atomic mass is 32.1. The van der Waals surface area contributed by atoms with Gasteiger partial charge >= 0.3 is 0 Å². The van der Waals surface area contributed by atoms with Gasteiger partial charge in [-0.3, -0.25) is 4.79 Å². The van der Waals surface area contributed by atoms with Gasteiger partial charge in [0, 0.05) is 18.4 Å². The van der Waals surface area contributed by atoms with Crippen molar-refractivity contribution in [2.75, 3.05) is 23.1 Å². The zero-order valence-electron chi connectivity index (χ0n) is 7.95. The van der Waals surface area contributed by atoms with Crippen LogP contribution in [0.2, 0.25) is 0 Å². The van der Waals surface area contributed by atoms with Crippen molar-refractivity contribution in [1.29, 1.82) is 0 Å². The van der Waals surface area contributed by atoms with Crippen molar-refractivity contribution in [2.24, 2.45) is 0 Å². The van der Waals surface area contributed by atoms with Crippen LogP contribution in [0.1, 0.15) is 5.56 Å². The molecule has 1 aromatic carbocycles. The highest BCUT2D eigenvalue weighted by molar-refractivity contribution is 7.80. The molecular formula is C10H12N2OS. The average molecular weight is 208 g/mol. The van der Waals surface area contributed by atoms with Crippen LogP contribution >= 0.6 is 12.6 Å². The molecule has 2 rings (SSSR count). The number of amides is 1. The molecule has 3 nitrogen and oxygen atoms in total. The maximum absolute atomic E-state index is 11.1. The van der Waals surface area contributed by atoms with Gasteiger partial charge in [-0.1, -0.05) is 0 Å². The molecule has 0 saturated heterocycles.